The molecule has 0 aliphatic heterocycles. The largest absolute Gasteiger partial charge is 0.168 e. The van der Waals surface area contributed by atoms with Crippen LogP contribution in [0.3, 0.4) is 0 Å². The van der Waals surface area contributed by atoms with Gasteiger partial charge in [0.15, 0.2) is 0 Å². The maximum absolute atomic E-state index is 11.8. The Hall–Kier alpha value is -4.01. The molecule has 0 heterocycles. The van der Waals surface area contributed by atoms with Crippen LogP contribution in [0.15, 0.2) is 152 Å². The van der Waals surface area contributed by atoms with Crippen LogP contribution in [0, 0.1) is 0 Å². The molecule has 0 fully saturated rings. The Morgan fingerprint density at radius 3 is 1.28 bits per heavy atom. The Kier molecular flexibility index (Phi) is 14.6. The van der Waals surface area contributed by atoms with Gasteiger partial charge in [-0.3, -0.25) is 0 Å². The van der Waals surface area contributed by atoms with E-state index in [1.165, 1.54) is 34.0 Å². The standard InChI is InChI=1S/C14H14Si.C9H7.2C7H5F3O.Zr/c1-3-7-13(8-4-1)11-15-12-14-9-5-2-6-10-14;1-2-5-9-7-3-6-8(9)4-1;2*8-7(9,10)5-1-3-6(11)4-2-5;/h1-10H,11-12H2;1-7H;2*1-4,11H;/q;-1;;;. The smallest absolute Gasteiger partial charge is 0.0809 e. The summed E-state index contributed by atoms with van der Waals surface area (Å²) in [6.07, 6.45) is -8.65. The molecule has 0 aliphatic rings. The quantitative estimate of drug-likeness (QED) is 0.107. The van der Waals surface area contributed by atoms with Crippen molar-refractivity contribution in [2.45, 2.75) is 24.4 Å². The minimum absolute atomic E-state index is 0.169. The number of phenolic OH excluding ortho intramolecular Hbond substituents is 2. The number of rotatable bonds is 4. The van der Waals surface area contributed by atoms with Crippen LogP contribution < -0.4 is 0 Å². The first-order chi connectivity index (χ1) is 22.3. The van der Waals surface area contributed by atoms with Crippen LogP contribution in [0.4, 0.5) is 26.3 Å². The summed E-state index contributed by atoms with van der Waals surface area (Å²) in [6.45, 7) is 0. The van der Waals surface area contributed by atoms with Gasteiger partial charge in [0.05, 0.1) is 11.1 Å². The first kappa shape index (κ1) is 37.4. The Bertz CT molecular complexity index is 1640. The van der Waals surface area contributed by atoms with Gasteiger partial charge < -0.3 is 10.2 Å². The zero-order valence-corrected chi connectivity index (χ0v) is 28.5. The summed E-state index contributed by atoms with van der Waals surface area (Å²) in [5.74, 6) is -0.337. The second-order valence-corrected chi connectivity index (χ2v) is 17.3. The first-order valence-electron chi connectivity index (χ1n) is 14.3. The minimum atomic E-state index is -4.33. The van der Waals surface area contributed by atoms with Gasteiger partial charge in [0.25, 0.3) is 0 Å². The molecule has 0 saturated heterocycles. The number of phenols is 2. The van der Waals surface area contributed by atoms with Crippen molar-refractivity contribution in [1.82, 2.24) is 0 Å². The summed E-state index contributed by atoms with van der Waals surface area (Å²) < 4.78 is 71.0. The molecule has 0 aromatic heterocycles. The van der Waals surface area contributed by atoms with Gasteiger partial charge in [0.1, 0.15) is 11.5 Å². The Labute approximate surface area is 284 Å². The number of hydrogen-bond acceptors (Lipinski definition) is 2. The summed E-state index contributed by atoms with van der Waals surface area (Å²) in [6, 6.07) is 46.4. The molecule has 0 unspecified atom stereocenters. The summed E-state index contributed by atoms with van der Waals surface area (Å²) in [4.78, 5) is 0. The van der Waals surface area contributed by atoms with Crippen molar-refractivity contribution < 1.29 is 59.9 Å². The normalized spacial score (nSPS) is 10.7. The average Bonchev–Trinajstić information content (AvgIpc) is 3.52. The van der Waals surface area contributed by atoms with E-state index in [-0.39, 0.29) is 16.9 Å². The number of alkyl halides is 6. The predicted octanol–water partition coefficient (Wildman–Crippen LogP) is 10.5. The molecule has 0 bridgehead atoms. The average molecular weight is 741 g/mol. The van der Waals surface area contributed by atoms with Crippen LogP contribution in [-0.2, 0) is 47.8 Å². The predicted molar refractivity (Wildman–Crippen MR) is 172 cm³/mol. The number of aromatic hydroxyl groups is 2. The summed E-state index contributed by atoms with van der Waals surface area (Å²) in [7, 11) is 0. The van der Waals surface area contributed by atoms with Crippen molar-refractivity contribution in [3.05, 3.63) is 174 Å². The van der Waals surface area contributed by atoms with Crippen molar-refractivity contribution in [3.8, 4) is 11.5 Å². The van der Waals surface area contributed by atoms with Crippen molar-refractivity contribution in [2.75, 3.05) is 0 Å². The third kappa shape index (κ3) is 14.1. The van der Waals surface area contributed by atoms with Crippen molar-refractivity contribution in [2.24, 2.45) is 0 Å². The Balaban J connectivity index is 0.000000174. The van der Waals surface area contributed by atoms with E-state index in [1.54, 1.807) is 23.3 Å². The van der Waals surface area contributed by atoms with E-state index < -0.39 is 23.5 Å². The number of halogens is 6. The van der Waals surface area contributed by atoms with E-state index in [4.69, 9.17) is 10.2 Å². The molecular weight excluding hydrogens is 710 g/mol. The molecule has 0 radical (unpaired) electrons. The van der Waals surface area contributed by atoms with Crippen LogP contribution in [0.5, 0.6) is 11.5 Å². The fourth-order valence-corrected chi connectivity index (χ4v) is 8.71. The fourth-order valence-electron chi connectivity index (χ4n) is 4.12. The second kappa shape index (κ2) is 18.4. The minimum Gasteiger partial charge on any atom is -0.168 e. The fraction of sp³-hybridized carbons (Fsp3) is 0.108. The molecule has 6 aromatic rings. The monoisotopic (exact) mass is 739 g/mol. The second-order valence-electron chi connectivity index (χ2n) is 10.2. The van der Waals surface area contributed by atoms with E-state index in [9.17, 15) is 26.3 Å². The molecule has 10 heteroatoms. The zero-order valence-electron chi connectivity index (χ0n) is 25.0. The SMILES string of the molecule is Oc1ccc(C(F)(F)F)cc1.Oc1ccc(C(F)(F)F)cc1.[Zr]=[Si](Cc1ccccc1)Cc1ccccc1.c1ccc2[cH-]ccc2c1. The maximum atomic E-state index is 11.8. The Morgan fingerprint density at radius 1 is 0.511 bits per heavy atom. The molecule has 0 atom stereocenters. The number of benzene rings is 5. The molecule has 0 amide bonds. The van der Waals surface area contributed by atoms with Gasteiger partial charge in [-0.25, -0.2) is 0 Å². The topological polar surface area (TPSA) is 40.5 Å². The van der Waals surface area contributed by atoms with Gasteiger partial charge >= 0.3 is 125 Å². The van der Waals surface area contributed by atoms with Crippen LogP contribution >= 0.6 is 0 Å². The first-order valence-corrected chi connectivity index (χ1v) is 19.9. The molecule has 6 aromatic carbocycles. The van der Waals surface area contributed by atoms with Crippen LogP contribution in [0.2, 0.25) is 0 Å². The zero-order chi connectivity index (χ0) is 34.3. The van der Waals surface area contributed by atoms with Crippen molar-refractivity contribution in [3.63, 3.8) is 0 Å². The summed E-state index contributed by atoms with van der Waals surface area (Å²) in [5, 5.41) is 20.0. The molecule has 6 rings (SSSR count). The molecule has 0 saturated carbocycles. The van der Waals surface area contributed by atoms with E-state index >= 15 is 0 Å². The molecule has 242 valence electrons. The molecule has 0 aliphatic carbocycles. The van der Waals surface area contributed by atoms with Gasteiger partial charge in [-0.1, -0.05) is 6.07 Å². The van der Waals surface area contributed by atoms with E-state index in [0.29, 0.717) is 0 Å². The van der Waals surface area contributed by atoms with E-state index in [2.05, 4.69) is 103 Å². The van der Waals surface area contributed by atoms with Gasteiger partial charge in [-0.15, -0.1) is 29.7 Å². The van der Waals surface area contributed by atoms with Gasteiger partial charge in [-0.05, 0) is 48.5 Å². The van der Waals surface area contributed by atoms with Crippen LogP contribution in [-0.4, -0.2) is 15.6 Å². The number of hydrogen-bond donors (Lipinski definition) is 2. The van der Waals surface area contributed by atoms with Gasteiger partial charge in [-0.2, -0.15) is 43.9 Å². The number of fused-ring (bicyclic) bond motifs is 1. The molecule has 2 nitrogen and oxygen atoms in total. The van der Waals surface area contributed by atoms with Gasteiger partial charge in [0, 0.05) is 0 Å². The van der Waals surface area contributed by atoms with E-state index in [0.717, 1.165) is 48.5 Å². The summed E-state index contributed by atoms with van der Waals surface area (Å²) in [5.41, 5.74) is 1.29. The van der Waals surface area contributed by atoms with Crippen LogP contribution in [0.1, 0.15) is 22.3 Å². The third-order valence-electron chi connectivity index (χ3n) is 6.46. The molecule has 2 N–H and O–H groups in total. The van der Waals surface area contributed by atoms with Gasteiger partial charge in [0.2, 0.25) is 0 Å². The molecular formula is C37H31F6O2SiZr-. The van der Waals surface area contributed by atoms with Crippen molar-refractivity contribution in [1.29, 1.82) is 0 Å². The third-order valence-corrected chi connectivity index (χ3v) is 10.7. The molecule has 47 heavy (non-hydrogen) atoms. The maximum Gasteiger partial charge on any atom is -0.0809 e. The molecule has 0 spiro atoms. The van der Waals surface area contributed by atoms with Crippen LogP contribution in [0.25, 0.3) is 10.8 Å². The summed E-state index contributed by atoms with van der Waals surface area (Å²) >= 11 is 1.73. The van der Waals surface area contributed by atoms with Crippen molar-refractivity contribution >= 4 is 16.2 Å². The van der Waals surface area contributed by atoms with E-state index in [1.807, 2.05) is 0 Å². The Morgan fingerprint density at radius 2 is 0.894 bits per heavy atom.